The van der Waals surface area contributed by atoms with Crippen molar-refractivity contribution in [3.05, 3.63) is 328 Å². The molecule has 412 valence electrons. The van der Waals surface area contributed by atoms with Crippen LogP contribution in [0.4, 0.5) is 34.1 Å². The Morgan fingerprint density at radius 1 is 0.230 bits per heavy atom. The monoisotopic (exact) mass is 1130 g/mol. The summed E-state index contributed by atoms with van der Waals surface area (Å²) in [5.41, 5.74) is 18.5. The third-order valence-corrected chi connectivity index (χ3v) is 21.5. The molecule has 16 rings (SSSR count). The second-order valence-electron chi connectivity index (χ2n) is 23.4. The molecule has 2 aromatic heterocycles. The number of fused-ring (bicyclic) bond motifs is 8. The Hall–Kier alpha value is -11.0. The third-order valence-electron chi connectivity index (χ3n) is 18.0. The average Bonchev–Trinajstić information content (AvgIpc) is 1.89. The van der Waals surface area contributed by atoms with Gasteiger partial charge >= 0.3 is 0 Å². The van der Waals surface area contributed by atoms with Crippen molar-refractivity contribution in [3.8, 4) is 33.6 Å². The van der Waals surface area contributed by atoms with Crippen LogP contribution in [0.15, 0.2) is 328 Å². The van der Waals surface area contributed by atoms with Crippen molar-refractivity contribution < 1.29 is 0 Å². The lowest BCUT2D eigenvalue weighted by molar-refractivity contribution is 1.18. The normalized spacial score (nSPS) is 11.8. The molecule has 0 atom stereocenters. The summed E-state index contributed by atoms with van der Waals surface area (Å²) in [5, 5.41) is 12.6. The van der Waals surface area contributed by atoms with E-state index in [9.17, 15) is 0 Å². The van der Waals surface area contributed by atoms with Crippen LogP contribution in [0, 0.1) is 0 Å². The van der Waals surface area contributed by atoms with Crippen molar-refractivity contribution in [3.63, 3.8) is 0 Å². The molecule has 0 unspecified atom stereocenters. The fraction of sp³-hybridized carbons (Fsp3) is 0.0244. The summed E-state index contributed by atoms with van der Waals surface area (Å²) in [6.07, 6.45) is 0. The van der Waals surface area contributed by atoms with E-state index in [0.29, 0.717) is 0 Å². The lowest BCUT2D eigenvalue weighted by atomic mass is 10.0. The van der Waals surface area contributed by atoms with Gasteiger partial charge in [0.2, 0.25) is 0 Å². The van der Waals surface area contributed by atoms with Crippen LogP contribution < -0.4 is 20.2 Å². The lowest BCUT2D eigenvalue weighted by Crippen LogP contribution is -2.52. The van der Waals surface area contributed by atoms with Gasteiger partial charge in [0.25, 0.3) is 0 Å². The molecule has 14 aromatic carbocycles. The molecular weight excluding hydrogens is 1070 g/mol. The maximum absolute atomic E-state index is 2.47. The number of nitrogens with zero attached hydrogens (tertiary/aromatic N) is 4. The minimum atomic E-state index is -2.07. The third kappa shape index (κ3) is 9.15. The number of para-hydroxylation sites is 4. The van der Waals surface area contributed by atoms with Crippen LogP contribution in [-0.2, 0) is 0 Å². The lowest BCUT2D eigenvalue weighted by Gasteiger charge is -2.26. The van der Waals surface area contributed by atoms with Crippen LogP contribution in [0.1, 0.15) is 0 Å². The van der Waals surface area contributed by atoms with Gasteiger partial charge in [0.15, 0.2) is 0 Å². The van der Waals surface area contributed by atoms with E-state index in [1.165, 1.54) is 97.8 Å². The second kappa shape index (κ2) is 21.3. The predicted octanol–water partition coefficient (Wildman–Crippen LogP) is 21.3. The van der Waals surface area contributed by atoms with Crippen LogP contribution in [-0.4, -0.2) is 17.2 Å². The largest absolute Gasteiger partial charge is 0.310 e. The summed E-state index contributed by atoms with van der Waals surface area (Å²) in [6, 6.07) is 120. The Balaban J connectivity index is 0.675. The molecule has 4 nitrogen and oxygen atoms in total. The predicted molar refractivity (Wildman–Crippen MR) is 374 cm³/mol. The van der Waals surface area contributed by atoms with E-state index in [1.807, 2.05) is 0 Å². The van der Waals surface area contributed by atoms with Crippen molar-refractivity contribution in [1.29, 1.82) is 0 Å². The molecule has 87 heavy (non-hydrogen) atoms. The van der Waals surface area contributed by atoms with Crippen molar-refractivity contribution in [2.75, 3.05) is 9.80 Å². The molecule has 0 amide bonds. The summed E-state index contributed by atoms with van der Waals surface area (Å²) >= 11 is 0. The number of aromatic nitrogens is 2. The summed E-state index contributed by atoms with van der Waals surface area (Å²) in [7, 11) is -2.07. The quantitative estimate of drug-likeness (QED) is 0.113. The Bertz CT molecular complexity index is 4890. The molecule has 5 heteroatoms. The Morgan fingerprint density at radius 2 is 0.529 bits per heavy atom. The van der Waals surface area contributed by atoms with Crippen LogP contribution in [0.2, 0.25) is 13.1 Å². The Kier molecular flexibility index (Phi) is 12.6. The molecule has 0 radical (unpaired) electrons. The fourth-order valence-corrected chi connectivity index (χ4v) is 15.7. The van der Waals surface area contributed by atoms with E-state index in [4.69, 9.17) is 0 Å². The molecule has 16 aromatic rings. The highest BCUT2D eigenvalue weighted by atomic mass is 28.3. The Labute approximate surface area is 508 Å². The topological polar surface area (TPSA) is 16.3 Å². The van der Waals surface area contributed by atoms with Gasteiger partial charge in [-0.3, -0.25) is 0 Å². The molecule has 0 saturated carbocycles. The molecule has 0 aliphatic rings. The van der Waals surface area contributed by atoms with Crippen molar-refractivity contribution in [2.24, 2.45) is 0 Å². The number of rotatable bonds is 12. The average molecular weight is 1130 g/mol. The maximum atomic E-state index is 2.47. The van der Waals surface area contributed by atoms with Gasteiger partial charge in [-0.1, -0.05) is 230 Å². The first kappa shape index (κ1) is 51.6. The summed E-state index contributed by atoms with van der Waals surface area (Å²) in [6.45, 7) is 4.94. The Morgan fingerprint density at radius 3 is 0.931 bits per heavy atom. The van der Waals surface area contributed by atoms with Gasteiger partial charge < -0.3 is 18.9 Å². The van der Waals surface area contributed by atoms with E-state index < -0.39 is 8.07 Å². The molecule has 0 bridgehead atoms. The zero-order chi connectivity index (χ0) is 58.0. The van der Waals surface area contributed by atoms with E-state index in [2.05, 4.69) is 360 Å². The first-order valence-electron chi connectivity index (χ1n) is 30.1. The summed E-state index contributed by atoms with van der Waals surface area (Å²) in [5.74, 6) is 0. The summed E-state index contributed by atoms with van der Waals surface area (Å²) in [4.78, 5) is 4.80. The molecule has 0 N–H and O–H groups in total. The van der Waals surface area contributed by atoms with Gasteiger partial charge in [-0.05, 0) is 165 Å². The van der Waals surface area contributed by atoms with Crippen molar-refractivity contribution in [2.45, 2.75) is 13.1 Å². The zero-order valence-corrected chi connectivity index (χ0v) is 49.5. The number of hydrogen-bond donors (Lipinski definition) is 0. The highest BCUT2D eigenvalue weighted by molar-refractivity contribution is 7.00. The molecule has 0 aliphatic carbocycles. The van der Waals surface area contributed by atoms with Gasteiger partial charge in [-0.2, -0.15) is 0 Å². The van der Waals surface area contributed by atoms with Crippen molar-refractivity contribution >= 4 is 118 Å². The minimum Gasteiger partial charge on any atom is -0.310 e. The van der Waals surface area contributed by atoms with Crippen LogP contribution in [0.25, 0.3) is 98.8 Å². The molecule has 0 aliphatic heterocycles. The first-order chi connectivity index (χ1) is 42.9. The van der Waals surface area contributed by atoms with Gasteiger partial charge in [0, 0.05) is 67.0 Å². The molecule has 0 fully saturated rings. The number of benzene rings is 14. The fourth-order valence-electron chi connectivity index (χ4n) is 13.4. The van der Waals surface area contributed by atoms with E-state index in [1.54, 1.807) is 0 Å². The highest BCUT2D eigenvalue weighted by Crippen LogP contribution is 2.44. The minimum absolute atomic E-state index is 1.10. The van der Waals surface area contributed by atoms with Gasteiger partial charge in [0.1, 0.15) is 8.07 Å². The second-order valence-corrected chi connectivity index (χ2v) is 27.8. The van der Waals surface area contributed by atoms with Crippen molar-refractivity contribution in [1.82, 2.24) is 9.13 Å². The van der Waals surface area contributed by atoms with Gasteiger partial charge in [-0.15, -0.1) is 0 Å². The smallest absolute Gasteiger partial charge is 0.112 e. The molecule has 0 spiro atoms. The molecular formula is C82H60N4Si. The van der Waals surface area contributed by atoms with E-state index >= 15 is 0 Å². The molecule has 2 heterocycles. The standard InChI is InChI=1S/C82H60N4Si/c1-87(2,73-47-35-61(36-48-73)59-29-39-67(40-30-59)83(69-43-33-57-17-9-11-19-63(57)53-69)71-45-51-81-77(55-71)75-25-13-15-27-79(75)85(81)65-21-5-3-6-22-65)74-49-37-62(38-50-74)60-31-41-68(42-32-60)84(70-44-34-58-18-10-12-20-64(58)54-70)72-46-52-82-78(56-72)76-26-14-16-28-80(76)86(82)66-23-7-4-8-24-66/h3-56H,1-2H3. The van der Waals surface area contributed by atoms with E-state index in [-0.39, 0.29) is 0 Å². The van der Waals surface area contributed by atoms with Crippen LogP contribution >= 0.6 is 0 Å². The van der Waals surface area contributed by atoms with Gasteiger partial charge in [0.05, 0.1) is 22.1 Å². The SMILES string of the molecule is C[Si](C)(c1ccc(-c2ccc(N(c3ccc4ccccc4c3)c3ccc4c(c3)c3ccccc3n4-c3ccccc3)cc2)cc1)c1ccc(-c2ccc(N(c3ccc4ccccc4c3)c3ccc4c(c3)c3ccccc3n4-c3ccccc3)cc2)cc1. The van der Waals surface area contributed by atoms with Gasteiger partial charge in [-0.25, -0.2) is 0 Å². The maximum Gasteiger partial charge on any atom is 0.112 e. The molecule has 0 saturated heterocycles. The summed E-state index contributed by atoms with van der Waals surface area (Å²) < 4.78 is 4.76. The first-order valence-corrected chi connectivity index (χ1v) is 33.1. The highest BCUT2D eigenvalue weighted by Gasteiger charge is 2.27. The van der Waals surface area contributed by atoms with Crippen LogP contribution in [0.5, 0.6) is 0 Å². The van der Waals surface area contributed by atoms with E-state index in [0.717, 1.165) is 45.5 Å². The van der Waals surface area contributed by atoms with Crippen LogP contribution in [0.3, 0.4) is 0 Å². The number of anilines is 6. The number of hydrogen-bond acceptors (Lipinski definition) is 2. The zero-order valence-electron chi connectivity index (χ0n) is 48.5.